The fourth-order valence-corrected chi connectivity index (χ4v) is 4.18. The molecule has 3 aromatic carbocycles. The molecule has 0 N–H and O–H groups in total. The zero-order valence-electron chi connectivity index (χ0n) is 19.7. The lowest BCUT2D eigenvalue weighted by molar-refractivity contribution is 0.213. The normalized spacial score (nSPS) is 13.5. The van der Waals surface area contributed by atoms with Gasteiger partial charge in [-0.05, 0) is 48.4 Å². The van der Waals surface area contributed by atoms with Gasteiger partial charge < -0.3 is 23.7 Å². The van der Waals surface area contributed by atoms with Gasteiger partial charge in [0.25, 0.3) is 0 Å². The molecule has 0 saturated carbocycles. The molecule has 1 aliphatic heterocycles. The Kier molecular flexibility index (Phi) is 7.25. The van der Waals surface area contributed by atoms with Crippen molar-refractivity contribution in [3.05, 3.63) is 65.7 Å². The van der Waals surface area contributed by atoms with Crippen molar-refractivity contribution in [3.8, 4) is 39.9 Å². The van der Waals surface area contributed by atoms with E-state index in [0.29, 0.717) is 24.7 Å². The monoisotopic (exact) mass is 449 g/mol. The molecule has 1 heterocycles. The molecule has 174 valence electrons. The van der Waals surface area contributed by atoms with Crippen LogP contribution in [-0.2, 0) is 13.1 Å². The van der Waals surface area contributed by atoms with Crippen molar-refractivity contribution in [2.75, 3.05) is 41.1 Å². The third-order valence-electron chi connectivity index (χ3n) is 5.78. The third-order valence-corrected chi connectivity index (χ3v) is 5.78. The highest BCUT2D eigenvalue weighted by Crippen LogP contribution is 2.40. The second-order valence-electron chi connectivity index (χ2n) is 7.84. The van der Waals surface area contributed by atoms with E-state index >= 15 is 0 Å². The maximum Gasteiger partial charge on any atom is 0.165 e. The number of hydrogen-bond acceptors (Lipinski definition) is 6. The number of para-hydroxylation sites is 1. The Bertz CT molecular complexity index is 1100. The maximum absolute atomic E-state index is 6.15. The standard InChI is InChI=1S/C27H31NO5/c1-5-32-23-9-7-6-8-20(23)17-28-12-13-33-27-22(18-28)14-21(16-26(27)31-4)19-10-11-24(29-2)25(15-19)30-3/h6-11,14-16H,5,12-13,17-18H2,1-4H3. The van der Waals surface area contributed by atoms with Crippen LogP contribution in [0.5, 0.6) is 28.7 Å². The van der Waals surface area contributed by atoms with Gasteiger partial charge in [0.2, 0.25) is 0 Å². The van der Waals surface area contributed by atoms with Crippen molar-refractivity contribution in [2.45, 2.75) is 20.0 Å². The highest BCUT2D eigenvalue weighted by molar-refractivity contribution is 5.71. The molecule has 0 atom stereocenters. The maximum atomic E-state index is 6.15. The molecular formula is C27H31NO5. The molecule has 33 heavy (non-hydrogen) atoms. The number of methoxy groups -OCH3 is 3. The van der Waals surface area contributed by atoms with E-state index in [4.69, 9.17) is 23.7 Å². The van der Waals surface area contributed by atoms with Crippen LogP contribution in [0.25, 0.3) is 11.1 Å². The fourth-order valence-electron chi connectivity index (χ4n) is 4.18. The van der Waals surface area contributed by atoms with Gasteiger partial charge in [-0.1, -0.05) is 24.3 Å². The minimum Gasteiger partial charge on any atom is -0.494 e. The van der Waals surface area contributed by atoms with Gasteiger partial charge in [0.1, 0.15) is 12.4 Å². The van der Waals surface area contributed by atoms with Crippen LogP contribution in [0.3, 0.4) is 0 Å². The van der Waals surface area contributed by atoms with Crippen molar-refractivity contribution in [2.24, 2.45) is 0 Å². The van der Waals surface area contributed by atoms with Gasteiger partial charge in [-0.25, -0.2) is 0 Å². The summed E-state index contributed by atoms with van der Waals surface area (Å²) in [5, 5.41) is 0. The molecule has 0 unspecified atom stereocenters. The highest BCUT2D eigenvalue weighted by Gasteiger charge is 2.22. The Morgan fingerprint density at radius 3 is 2.33 bits per heavy atom. The summed E-state index contributed by atoms with van der Waals surface area (Å²) in [4.78, 5) is 2.38. The van der Waals surface area contributed by atoms with Crippen LogP contribution in [0.15, 0.2) is 54.6 Å². The van der Waals surface area contributed by atoms with Crippen LogP contribution in [0.1, 0.15) is 18.1 Å². The molecule has 0 saturated heterocycles. The van der Waals surface area contributed by atoms with Gasteiger partial charge in [-0.2, -0.15) is 0 Å². The summed E-state index contributed by atoms with van der Waals surface area (Å²) in [5.74, 6) is 3.86. The van der Waals surface area contributed by atoms with E-state index < -0.39 is 0 Å². The molecule has 6 nitrogen and oxygen atoms in total. The zero-order valence-corrected chi connectivity index (χ0v) is 19.7. The van der Waals surface area contributed by atoms with Crippen LogP contribution >= 0.6 is 0 Å². The topological polar surface area (TPSA) is 49.4 Å². The number of fused-ring (bicyclic) bond motifs is 1. The number of hydrogen-bond donors (Lipinski definition) is 0. The predicted molar refractivity (Wildman–Crippen MR) is 129 cm³/mol. The summed E-state index contributed by atoms with van der Waals surface area (Å²) in [7, 11) is 4.96. The van der Waals surface area contributed by atoms with Gasteiger partial charge in [-0.3, -0.25) is 4.90 Å². The van der Waals surface area contributed by atoms with Gasteiger partial charge >= 0.3 is 0 Å². The smallest absolute Gasteiger partial charge is 0.165 e. The lowest BCUT2D eigenvalue weighted by atomic mass is 10.0. The largest absolute Gasteiger partial charge is 0.494 e. The lowest BCUT2D eigenvalue weighted by Gasteiger charge is -2.21. The van der Waals surface area contributed by atoms with E-state index in [0.717, 1.165) is 53.6 Å². The van der Waals surface area contributed by atoms with Crippen LogP contribution in [-0.4, -0.2) is 46.0 Å². The first-order valence-corrected chi connectivity index (χ1v) is 11.2. The SMILES string of the molecule is CCOc1ccccc1CN1CCOc2c(cc(-c3ccc(OC)c(OC)c3)cc2OC)C1. The molecule has 3 aromatic rings. The van der Waals surface area contributed by atoms with Crippen LogP contribution in [0.4, 0.5) is 0 Å². The Labute approximate surface area is 195 Å². The van der Waals surface area contributed by atoms with Gasteiger partial charge in [0.05, 0.1) is 27.9 Å². The van der Waals surface area contributed by atoms with Crippen LogP contribution in [0, 0.1) is 0 Å². The number of ether oxygens (including phenoxy) is 5. The molecule has 6 heteroatoms. The molecule has 0 amide bonds. The Morgan fingerprint density at radius 1 is 0.818 bits per heavy atom. The van der Waals surface area contributed by atoms with Gasteiger partial charge in [0.15, 0.2) is 23.0 Å². The van der Waals surface area contributed by atoms with Crippen molar-refractivity contribution in [1.29, 1.82) is 0 Å². The molecule has 0 bridgehead atoms. The van der Waals surface area contributed by atoms with Gasteiger partial charge in [0, 0.05) is 30.8 Å². The molecule has 0 aromatic heterocycles. The number of benzene rings is 3. The van der Waals surface area contributed by atoms with E-state index in [1.165, 1.54) is 5.56 Å². The first-order chi connectivity index (χ1) is 16.2. The minimum atomic E-state index is 0.593. The first kappa shape index (κ1) is 22.8. The predicted octanol–water partition coefficient (Wildman–Crippen LogP) is 5.17. The van der Waals surface area contributed by atoms with Crippen molar-refractivity contribution < 1.29 is 23.7 Å². The van der Waals surface area contributed by atoms with E-state index in [-0.39, 0.29) is 0 Å². The van der Waals surface area contributed by atoms with Crippen LogP contribution in [0.2, 0.25) is 0 Å². The molecule has 4 rings (SSSR count). The number of rotatable bonds is 8. The molecule has 1 aliphatic rings. The molecule has 0 fully saturated rings. The number of nitrogens with zero attached hydrogens (tertiary/aromatic N) is 1. The Morgan fingerprint density at radius 2 is 1.58 bits per heavy atom. The molecule has 0 aliphatic carbocycles. The molecular weight excluding hydrogens is 418 g/mol. The summed E-state index contributed by atoms with van der Waals surface area (Å²) < 4.78 is 28.6. The minimum absolute atomic E-state index is 0.593. The van der Waals surface area contributed by atoms with E-state index in [1.807, 2.05) is 43.3 Å². The fraction of sp³-hybridized carbons (Fsp3) is 0.333. The first-order valence-electron chi connectivity index (χ1n) is 11.2. The van der Waals surface area contributed by atoms with E-state index in [2.05, 4.69) is 23.1 Å². The Balaban J connectivity index is 1.67. The quantitative estimate of drug-likeness (QED) is 0.473. The summed E-state index contributed by atoms with van der Waals surface area (Å²) in [6.45, 7) is 5.58. The third kappa shape index (κ3) is 5.01. The van der Waals surface area contributed by atoms with Crippen LogP contribution < -0.4 is 23.7 Å². The lowest BCUT2D eigenvalue weighted by Crippen LogP contribution is -2.25. The van der Waals surface area contributed by atoms with Crippen molar-refractivity contribution in [1.82, 2.24) is 4.90 Å². The second kappa shape index (κ2) is 10.5. The van der Waals surface area contributed by atoms with E-state index in [9.17, 15) is 0 Å². The average Bonchev–Trinajstić information content (AvgIpc) is 3.06. The highest BCUT2D eigenvalue weighted by atomic mass is 16.5. The average molecular weight is 450 g/mol. The summed E-state index contributed by atoms with van der Waals surface area (Å²) in [6, 6.07) is 18.3. The molecule has 0 radical (unpaired) electrons. The van der Waals surface area contributed by atoms with Crippen molar-refractivity contribution >= 4 is 0 Å². The van der Waals surface area contributed by atoms with Crippen molar-refractivity contribution in [3.63, 3.8) is 0 Å². The van der Waals surface area contributed by atoms with Gasteiger partial charge in [-0.15, -0.1) is 0 Å². The summed E-state index contributed by atoms with van der Waals surface area (Å²) >= 11 is 0. The molecule has 0 spiro atoms. The summed E-state index contributed by atoms with van der Waals surface area (Å²) in [6.07, 6.45) is 0. The van der Waals surface area contributed by atoms with E-state index in [1.54, 1.807) is 21.3 Å². The summed E-state index contributed by atoms with van der Waals surface area (Å²) in [5.41, 5.74) is 4.31. The second-order valence-corrected chi connectivity index (χ2v) is 7.84. The Hall–Kier alpha value is -3.38. The zero-order chi connectivity index (χ0) is 23.2.